The van der Waals surface area contributed by atoms with Crippen molar-refractivity contribution in [2.75, 3.05) is 11.9 Å². The number of aromatic nitrogens is 2. The third-order valence-electron chi connectivity index (χ3n) is 3.12. The Labute approximate surface area is 118 Å². The van der Waals surface area contributed by atoms with E-state index in [2.05, 4.69) is 10.4 Å². The summed E-state index contributed by atoms with van der Waals surface area (Å²) in [5.41, 5.74) is 7.41. The van der Waals surface area contributed by atoms with Crippen molar-refractivity contribution in [3.8, 4) is 0 Å². The van der Waals surface area contributed by atoms with Gasteiger partial charge in [-0.1, -0.05) is 25.1 Å². The molecule has 0 saturated carbocycles. The first-order valence-electron chi connectivity index (χ1n) is 6.74. The van der Waals surface area contributed by atoms with Crippen molar-refractivity contribution in [1.29, 1.82) is 0 Å². The molecule has 1 aromatic carbocycles. The lowest BCUT2D eigenvalue weighted by atomic mass is 10.1. The van der Waals surface area contributed by atoms with Crippen LogP contribution in [-0.2, 0) is 11.3 Å². The van der Waals surface area contributed by atoms with Crippen LogP contribution < -0.4 is 11.1 Å². The molecule has 1 atom stereocenters. The van der Waals surface area contributed by atoms with Crippen molar-refractivity contribution >= 4 is 11.6 Å². The number of hydrogen-bond acceptors (Lipinski definition) is 3. The number of nitrogens with one attached hydrogen (secondary N) is 1. The van der Waals surface area contributed by atoms with Crippen LogP contribution >= 0.6 is 0 Å². The van der Waals surface area contributed by atoms with E-state index >= 15 is 0 Å². The molecule has 1 unspecified atom stereocenters. The Morgan fingerprint density at radius 3 is 2.90 bits per heavy atom. The highest BCUT2D eigenvalue weighted by molar-refractivity contribution is 5.91. The number of carbonyl (C=O) groups is 1. The third-order valence-corrected chi connectivity index (χ3v) is 3.12. The number of rotatable bonds is 6. The zero-order valence-corrected chi connectivity index (χ0v) is 11.6. The van der Waals surface area contributed by atoms with E-state index in [4.69, 9.17) is 5.73 Å². The smallest absolute Gasteiger partial charge is 0.224 e. The minimum atomic E-state index is -0.00383. The van der Waals surface area contributed by atoms with E-state index in [1.54, 1.807) is 6.20 Å². The van der Waals surface area contributed by atoms with Gasteiger partial charge < -0.3 is 11.1 Å². The topological polar surface area (TPSA) is 72.9 Å². The zero-order valence-electron chi connectivity index (χ0n) is 11.6. The molecule has 2 aromatic rings. The molecule has 0 aliphatic rings. The highest BCUT2D eigenvalue weighted by atomic mass is 16.1. The van der Waals surface area contributed by atoms with Gasteiger partial charge in [0.05, 0.1) is 6.54 Å². The van der Waals surface area contributed by atoms with Gasteiger partial charge in [-0.15, -0.1) is 0 Å². The van der Waals surface area contributed by atoms with Crippen LogP contribution in [0.3, 0.4) is 0 Å². The SMILES string of the molecule is CC(CN)CC(=O)Nc1ccccc1Cn1cccn1. The molecule has 1 amide bonds. The molecule has 0 aliphatic carbocycles. The number of benzene rings is 1. The maximum Gasteiger partial charge on any atom is 0.224 e. The Kier molecular flexibility index (Phi) is 4.90. The van der Waals surface area contributed by atoms with Crippen molar-refractivity contribution in [2.24, 2.45) is 11.7 Å². The predicted molar refractivity (Wildman–Crippen MR) is 79.2 cm³/mol. The van der Waals surface area contributed by atoms with Gasteiger partial charge in [-0.25, -0.2) is 0 Å². The second-order valence-electron chi connectivity index (χ2n) is 4.95. The first-order valence-corrected chi connectivity index (χ1v) is 6.74. The molecule has 0 aliphatic heterocycles. The summed E-state index contributed by atoms with van der Waals surface area (Å²) in [5, 5.41) is 7.13. The Morgan fingerprint density at radius 1 is 1.40 bits per heavy atom. The van der Waals surface area contributed by atoms with Gasteiger partial charge in [-0.05, 0) is 30.2 Å². The lowest BCUT2D eigenvalue weighted by molar-refractivity contribution is -0.116. The van der Waals surface area contributed by atoms with Crippen LogP contribution in [-0.4, -0.2) is 22.2 Å². The van der Waals surface area contributed by atoms with E-state index in [0.29, 0.717) is 19.5 Å². The molecule has 5 heteroatoms. The van der Waals surface area contributed by atoms with E-state index in [1.165, 1.54) is 0 Å². The second kappa shape index (κ2) is 6.86. The number of nitrogens with two attached hydrogens (primary N) is 1. The fraction of sp³-hybridized carbons (Fsp3) is 0.333. The number of carbonyl (C=O) groups excluding carboxylic acids is 1. The van der Waals surface area contributed by atoms with Crippen LogP contribution in [0.25, 0.3) is 0 Å². The van der Waals surface area contributed by atoms with E-state index in [1.807, 2.05) is 48.1 Å². The van der Waals surface area contributed by atoms with Gasteiger partial charge in [-0.2, -0.15) is 5.10 Å². The van der Waals surface area contributed by atoms with E-state index in [9.17, 15) is 4.79 Å². The summed E-state index contributed by atoms with van der Waals surface area (Å²) in [5.74, 6) is 0.184. The van der Waals surface area contributed by atoms with Crippen molar-refractivity contribution in [3.05, 3.63) is 48.3 Å². The molecule has 0 spiro atoms. The maximum absolute atomic E-state index is 11.9. The third kappa shape index (κ3) is 3.93. The summed E-state index contributed by atoms with van der Waals surface area (Å²) in [4.78, 5) is 11.9. The normalized spacial score (nSPS) is 12.1. The Bertz CT molecular complexity index is 551. The molecule has 0 radical (unpaired) electrons. The summed E-state index contributed by atoms with van der Waals surface area (Å²) >= 11 is 0. The minimum Gasteiger partial charge on any atom is -0.330 e. The summed E-state index contributed by atoms with van der Waals surface area (Å²) in [6, 6.07) is 9.64. The molecular weight excluding hydrogens is 252 g/mol. The molecule has 1 aromatic heterocycles. The van der Waals surface area contributed by atoms with Gasteiger partial charge in [0.2, 0.25) is 5.91 Å². The molecule has 1 heterocycles. The molecule has 0 saturated heterocycles. The van der Waals surface area contributed by atoms with Gasteiger partial charge in [0.25, 0.3) is 0 Å². The largest absolute Gasteiger partial charge is 0.330 e. The molecular formula is C15H20N4O. The van der Waals surface area contributed by atoms with Crippen molar-refractivity contribution in [1.82, 2.24) is 9.78 Å². The molecule has 20 heavy (non-hydrogen) atoms. The van der Waals surface area contributed by atoms with Crippen LogP contribution in [0.2, 0.25) is 0 Å². The Hall–Kier alpha value is -2.14. The standard InChI is InChI=1S/C15H20N4O/c1-12(10-16)9-15(20)18-14-6-3-2-5-13(14)11-19-8-4-7-17-19/h2-8,12H,9-11,16H2,1H3,(H,18,20). The fourth-order valence-electron chi connectivity index (χ4n) is 1.95. The van der Waals surface area contributed by atoms with Gasteiger partial charge in [-0.3, -0.25) is 9.48 Å². The number of para-hydroxylation sites is 1. The summed E-state index contributed by atoms with van der Waals surface area (Å²) in [7, 11) is 0. The number of amides is 1. The van der Waals surface area contributed by atoms with Crippen molar-refractivity contribution < 1.29 is 4.79 Å². The lowest BCUT2D eigenvalue weighted by Crippen LogP contribution is -2.20. The fourth-order valence-corrected chi connectivity index (χ4v) is 1.95. The van der Waals surface area contributed by atoms with E-state index < -0.39 is 0 Å². The Morgan fingerprint density at radius 2 is 2.20 bits per heavy atom. The average Bonchev–Trinajstić information content (AvgIpc) is 2.93. The number of nitrogens with zero attached hydrogens (tertiary/aromatic N) is 2. The van der Waals surface area contributed by atoms with Crippen LogP contribution in [0, 0.1) is 5.92 Å². The average molecular weight is 272 g/mol. The van der Waals surface area contributed by atoms with Crippen LogP contribution in [0.15, 0.2) is 42.7 Å². The van der Waals surface area contributed by atoms with Gasteiger partial charge in [0, 0.05) is 24.5 Å². The summed E-state index contributed by atoms with van der Waals surface area (Å²) in [6.45, 7) is 3.12. The molecule has 0 fully saturated rings. The number of anilines is 1. The van der Waals surface area contributed by atoms with Crippen molar-refractivity contribution in [2.45, 2.75) is 19.9 Å². The summed E-state index contributed by atoms with van der Waals surface area (Å²) < 4.78 is 1.83. The second-order valence-corrected chi connectivity index (χ2v) is 4.95. The highest BCUT2D eigenvalue weighted by Crippen LogP contribution is 2.17. The van der Waals surface area contributed by atoms with Gasteiger partial charge >= 0.3 is 0 Å². The molecule has 0 bridgehead atoms. The first-order chi connectivity index (χ1) is 9.69. The number of hydrogen-bond donors (Lipinski definition) is 2. The van der Waals surface area contributed by atoms with Crippen molar-refractivity contribution in [3.63, 3.8) is 0 Å². The molecule has 106 valence electrons. The maximum atomic E-state index is 11.9. The Balaban J connectivity index is 2.06. The monoisotopic (exact) mass is 272 g/mol. The molecule has 2 rings (SSSR count). The highest BCUT2D eigenvalue weighted by Gasteiger charge is 2.10. The first kappa shape index (κ1) is 14.3. The molecule has 3 N–H and O–H groups in total. The lowest BCUT2D eigenvalue weighted by Gasteiger charge is -2.13. The quantitative estimate of drug-likeness (QED) is 0.843. The summed E-state index contributed by atoms with van der Waals surface area (Å²) in [6.07, 6.45) is 4.08. The molecule has 5 nitrogen and oxygen atoms in total. The van der Waals surface area contributed by atoms with Crippen LogP contribution in [0.4, 0.5) is 5.69 Å². The minimum absolute atomic E-state index is 0.00383. The van der Waals surface area contributed by atoms with Gasteiger partial charge in [0.1, 0.15) is 0 Å². The zero-order chi connectivity index (χ0) is 14.4. The van der Waals surface area contributed by atoms with Crippen LogP contribution in [0.5, 0.6) is 0 Å². The van der Waals surface area contributed by atoms with E-state index in [-0.39, 0.29) is 11.8 Å². The van der Waals surface area contributed by atoms with E-state index in [0.717, 1.165) is 11.3 Å². The van der Waals surface area contributed by atoms with Crippen LogP contribution in [0.1, 0.15) is 18.9 Å². The van der Waals surface area contributed by atoms with Gasteiger partial charge in [0.15, 0.2) is 0 Å². The predicted octanol–water partition coefficient (Wildman–Crippen LogP) is 1.85.